The molecule has 0 amide bonds. The van der Waals surface area contributed by atoms with Crippen LogP contribution >= 0.6 is 39.7 Å². The van der Waals surface area contributed by atoms with Crippen LogP contribution in [0.15, 0.2) is 39.5 Å². The molecule has 0 bridgehead atoms. The van der Waals surface area contributed by atoms with Crippen molar-refractivity contribution < 1.29 is 17.9 Å². The average Bonchev–Trinajstić information content (AvgIpc) is 3.00. The standard InChI is InChI=1S/C16H16BrF3N2OS.ClH/c17-13-7-12(8-14(9-13)23-16(18,19)20)15(11-1-6-24-10-11)22-4-2-21-3-5-22;/h1,6-10,15,21H,2-5H2;1H/t15-;/m0./s1. The van der Waals surface area contributed by atoms with Gasteiger partial charge in [0.1, 0.15) is 5.75 Å². The highest BCUT2D eigenvalue weighted by Crippen LogP contribution is 2.35. The number of ether oxygens (including phenoxy) is 1. The van der Waals surface area contributed by atoms with E-state index < -0.39 is 6.36 Å². The van der Waals surface area contributed by atoms with Crippen molar-refractivity contribution in [3.8, 4) is 5.75 Å². The van der Waals surface area contributed by atoms with Gasteiger partial charge in [0.2, 0.25) is 0 Å². The summed E-state index contributed by atoms with van der Waals surface area (Å²) in [4.78, 5) is 2.28. The van der Waals surface area contributed by atoms with Gasteiger partial charge in [0.05, 0.1) is 6.04 Å². The van der Waals surface area contributed by atoms with E-state index in [1.54, 1.807) is 11.3 Å². The third-order valence-corrected chi connectivity index (χ3v) is 4.98. The minimum Gasteiger partial charge on any atom is -0.406 e. The lowest BCUT2D eigenvalue weighted by Gasteiger charge is -2.35. The van der Waals surface area contributed by atoms with E-state index in [0.717, 1.165) is 37.3 Å². The number of halogens is 5. The van der Waals surface area contributed by atoms with Crippen molar-refractivity contribution in [3.05, 3.63) is 50.6 Å². The summed E-state index contributed by atoms with van der Waals surface area (Å²) in [6.45, 7) is 3.39. The highest BCUT2D eigenvalue weighted by Gasteiger charge is 2.32. The predicted molar refractivity (Wildman–Crippen MR) is 98.7 cm³/mol. The molecule has 138 valence electrons. The van der Waals surface area contributed by atoms with Gasteiger partial charge in [-0.2, -0.15) is 11.3 Å². The van der Waals surface area contributed by atoms with Gasteiger partial charge in [-0.1, -0.05) is 15.9 Å². The number of hydrogen-bond donors (Lipinski definition) is 1. The monoisotopic (exact) mass is 456 g/mol. The van der Waals surface area contributed by atoms with Crippen LogP contribution < -0.4 is 10.1 Å². The van der Waals surface area contributed by atoms with Crippen LogP contribution in [0.3, 0.4) is 0 Å². The second-order valence-electron chi connectivity index (χ2n) is 5.51. The molecule has 1 saturated heterocycles. The SMILES string of the molecule is Cl.FC(F)(F)Oc1cc(Br)cc([C@H](c2ccsc2)N2CCNCC2)c1. The van der Waals surface area contributed by atoms with Gasteiger partial charge in [0, 0.05) is 30.7 Å². The van der Waals surface area contributed by atoms with Crippen molar-refractivity contribution in [1.29, 1.82) is 0 Å². The Morgan fingerprint density at radius 3 is 2.48 bits per heavy atom. The van der Waals surface area contributed by atoms with Gasteiger partial charge < -0.3 is 10.1 Å². The van der Waals surface area contributed by atoms with E-state index in [9.17, 15) is 13.2 Å². The minimum absolute atomic E-state index is 0. The summed E-state index contributed by atoms with van der Waals surface area (Å²) in [6, 6.07) is 6.59. The zero-order valence-corrected chi connectivity index (χ0v) is 16.3. The van der Waals surface area contributed by atoms with Crippen molar-refractivity contribution in [3.63, 3.8) is 0 Å². The molecule has 0 spiro atoms. The van der Waals surface area contributed by atoms with Gasteiger partial charge in [-0.25, -0.2) is 0 Å². The number of benzene rings is 1. The zero-order valence-electron chi connectivity index (χ0n) is 13.1. The number of nitrogens with zero attached hydrogens (tertiary/aromatic N) is 1. The summed E-state index contributed by atoms with van der Waals surface area (Å²) in [5.41, 5.74) is 1.86. The Bertz CT molecular complexity index is 679. The average molecular weight is 458 g/mol. The maximum absolute atomic E-state index is 12.6. The molecule has 3 nitrogen and oxygen atoms in total. The molecular weight excluding hydrogens is 441 g/mol. The lowest BCUT2D eigenvalue weighted by Crippen LogP contribution is -2.45. The van der Waals surface area contributed by atoms with Gasteiger partial charge in [0.25, 0.3) is 0 Å². The number of hydrogen-bond acceptors (Lipinski definition) is 4. The van der Waals surface area contributed by atoms with Crippen LogP contribution in [0.5, 0.6) is 5.75 Å². The van der Waals surface area contributed by atoms with Crippen molar-refractivity contribution in [2.75, 3.05) is 26.2 Å². The van der Waals surface area contributed by atoms with Crippen LogP contribution in [-0.2, 0) is 0 Å². The molecule has 0 aliphatic carbocycles. The smallest absolute Gasteiger partial charge is 0.406 e. The molecule has 9 heteroatoms. The van der Waals surface area contributed by atoms with Crippen LogP contribution in [0.1, 0.15) is 17.2 Å². The largest absolute Gasteiger partial charge is 0.573 e. The molecule has 3 rings (SSSR count). The summed E-state index contributed by atoms with van der Waals surface area (Å²) >= 11 is 4.88. The van der Waals surface area contributed by atoms with Crippen molar-refractivity contribution >= 4 is 39.7 Å². The fraction of sp³-hybridized carbons (Fsp3) is 0.375. The molecule has 1 fully saturated rings. The summed E-state index contributed by atoms with van der Waals surface area (Å²) in [5.74, 6) is -0.206. The molecule has 0 unspecified atom stereocenters. The fourth-order valence-electron chi connectivity index (χ4n) is 2.92. The Labute approximate surface area is 162 Å². The third-order valence-electron chi connectivity index (χ3n) is 3.82. The number of piperazine rings is 1. The van der Waals surface area contributed by atoms with Gasteiger partial charge in [-0.05, 0) is 46.2 Å². The van der Waals surface area contributed by atoms with Crippen molar-refractivity contribution in [2.45, 2.75) is 12.4 Å². The van der Waals surface area contributed by atoms with E-state index >= 15 is 0 Å². The first kappa shape index (κ1) is 20.5. The normalized spacial score (nSPS) is 17.0. The molecule has 1 N–H and O–H groups in total. The summed E-state index contributed by atoms with van der Waals surface area (Å²) in [5, 5.41) is 7.32. The van der Waals surface area contributed by atoms with E-state index in [1.807, 2.05) is 22.9 Å². The second kappa shape index (κ2) is 8.73. The van der Waals surface area contributed by atoms with Gasteiger partial charge >= 0.3 is 6.36 Å². The van der Waals surface area contributed by atoms with Crippen LogP contribution in [0.2, 0.25) is 0 Å². The van der Waals surface area contributed by atoms with Crippen LogP contribution in [0.4, 0.5) is 13.2 Å². The van der Waals surface area contributed by atoms with Gasteiger partial charge in [0.15, 0.2) is 0 Å². The third kappa shape index (κ3) is 5.59. The highest BCUT2D eigenvalue weighted by atomic mass is 79.9. The van der Waals surface area contributed by atoms with E-state index in [0.29, 0.717) is 4.47 Å². The first-order chi connectivity index (χ1) is 11.4. The van der Waals surface area contributed by atoms with Gasteiger partial charge in [-0.15, -0.1) is 25.6 Å². The molecule has 1 atom stereocenters. The zero-order chi connectivity index (χ0) is 17.2. The molecular formula is C16H17BrClF3N2OS. The lowest BCUT2D eigenvalue weighted by molar-refractivity contribution is -0.274. The highest BCUT2D eigenvalue weighted by molar-refractivity contribution is 9.10. The van der Waals surface area contributed by atoms with E-state index in [-0.39, 0.29) is 24.2 Å². The lowest BCUT2D eigenvalue weighted by atomic mass is 9.98. The van der Waals surface area contributed by atoms with Crippen LogP contribution in [0, 0.1) is 0 Å². The molecule has 2 aromatic rings. The number of rotatable bonds is 4. The Hall–Kier alpha value is -0.800. The maximum Gasteiger partial charge on any atom is 0.573 e. The van der Waals surface area contributed by atoms with Crippen molar-refractivity contribution in [2.24, 2.45) is 0 Å². The van der Waals surface area contributed by atoms with E-state index in [4.69, 9.17) is 0 Å². The van der Waals surface area contributed by atoms with Crippen molar-refractivity contribution in [1.82, 2.24) is 10.2 Å². The maximum atomic E-state index is 12.6. The summed E-state index contributed by atoms with van der Waals surface area (Å²) in [7, 11) is 0. The Balaban J connectivity index is 0.00000225. The predicted octanol–water partition coefficient (Wildman–Crippen LogP) is 4.83. The number of nitrogens with one attached hydrogen (secondary N) is 1. The van der Waals surface area contributed by atoms with E-state index in [1.165, 1.54) is 12.1 Å². The molecule has 1 aliphatic rings. The van der Waals surface area contributed by atoms with E-state index in [2.05, 4.69) is 30.9 Å². The minimum atomic E-state index is -4.70. The molecule has 25 heavy (non-hydrogen) atoms. The number of alkyl halides is 3. The second-order valence-corrected chi connectivity index (χ2v) is 7.21. The first-order valence-electron chi connectivity index (χ1n) is 7.45. The Kier molecular flexibility index (Phi) is 7.16. The molecule has 0 radical (unpaired) electrons. The molecule has 2 heterocycles. The first-order valence-corrected chi connectivity index (χ1v) is 9.19. The summed E-state index contributed by atoms with van der Waals surface area (Å²) in [6.07, 6.45) is -4.70. The van der Waals surface area contributed by atoms with Gasteiger partial charge in [-0.3, -0.25) is 4.90 Å². The Morgan fingerprint density at radius 2 is 1.88 bits per heavy atom. The number of thiophene rings is 1. The molecule has 0 saturated carbocycles. The van der Waals surface area contributed by atoms with Crippen LogP contribution in [0.25, 0.3) is 0 Å². The topological polar surface area (TPSA) is 24.5 Å². The fourth-order valence-corrected chi connectivity index (χ4v) is 4.09. The molecule has 1 aliphatic heterocycles. The summed E-state index contributed by atoms with van der Waals surface area (Å²) < 4.78 is 42.4. The Morgan fingerprint density at radius 1 is 1.16 bits per heavy atom. The molecule has 1 aromatic heterocycles. The molecule has 1 aromatic carbocycles. The van der Waals surface area contributed by atoms with Crippen LogP contribution in [-0.4, -0.2) is 37.4 Å². The quantitative estimate of drug-likeness (QED) is 0.712.